The molecule has 1 aromatic carbocycles. The fraction of sp³-hybridized carbons (Fsp3) is 0.611. The Morgan fingerprint density at radius 2 is 2.08 bits per heavy atom. The van der Waals surface area contributed by atoms with Crippen molar-refractivity contribution >= 4 is 5.91 Å². The zero-order valence-corrected chi connectivity index (χ0v) is 15.2. The van der Waals surface area contributed by atoms with Gasteiger partial charge in [-0.05, 0) is 31.5 Å². The van der Waals surface area contributed by atoms with E-state index in [2.05, 4.69) is 4.90 Å². The number of hydrogen-bond acceptors (Lipinski definition) is 4. The van der Waals surface area contributed by atoms with Crippen molar-refractivity contribution in [3.05, 3.63) is 35.4 Å². The first-order chi connectivity index (χ1) is 11.7. The van der Waals surface area contributed by atoms with Crippen molar-refractivity contribution in [1.82, 2.24) is 9.80 Å². The molecule has 0 unspecified atom stereocenters. The minimum absolute atomic E-state index is 0.0104. The van der Waals surface area contributed by atoms with Gasteiger partial charge >= 0.3 is 0 Å². The number of benzene rings is 1. The molecule has 1 saturated heterocycles. The maximum atomic E-state index is 13.4. The average Bonchev–Trinajstić information content (AvgIpc) is 2.49. The molecule has 1 fully saturated rings. The van der Waals surface area contributed by atoms with Gasteiger partial charge in [-0.15, -0.1) is 0 Å². The number of morpholine rings is 1. The van der Waals surface area contributed by atoms with Gasteiger partial charge in [-0.3, -0.25) is 9.69 Å². The lowest BCUT2D eigenvalue weighted by Crippen LogP contribution is -2.53. The zero-order valence-electron chi connectivity index (χ0n) is 15.2. The van der Waals surface area contributed by atoms with Gasteiger partial charge in [-0.2, -0.15) is 0 Å². The lowest BCUT2D eigenvalue weighted by molar-refractivity contribution is -0.161. The number of rotatable bonds is 6. The van der Waals surface area contributed by atoms with E-state index >= 15 is 0 Å². The van der Waals surface area contributed by atoms with Gasteiger partial charge in [0.2, 0.25) is 5.91 Å². The van der Waals surface area contributed by atoms with Crippen LogP contribution >= 0.6 is 0 Å². The van der Waals surface area contributed by atoms with Crippen molar-refractivity contribution in [3.63, 3.8) is 0 Å². The summed E-state index contributed by atoms with van der Waals surface area (Å²) in [4.78, 5) is 15.2. The molecule has 1 amide bonds. The fourth-order valence-electron chi connectivity index (χ4n) is 2.93. The first-order valence-corrected chi connectivity index (χ1v) is 8.28. The highest BCUT2D eigenvalue weighted by Gasteiger charge is 2.33. The normalized spacial score (nSPS) is 20.5. The first-order valence-electron chi connectivity index (χ1n) is 8.28. The zero-order chi connectivity index (χ0) is 18.6. The van der Waals surface area contributed by atoms with Crippen LogP contribution in [0.15, 0.2) is 18.2 Å². The molecule has 1 aromatic rings. The maximum absolute atomic E-state index is 13.4. The van der Waals surface area contributed by atoms with Crippen LogP contribution in [-0.2, 0) is 20.8 Å². The molecule has 0 saturated carbocycles. The lowest BCUT2D eigenvalue weighted by atomic mass is 10.0. The van der Waals surface area contributed by atoms with Crippen molar-refractivity contribution in [2.75, 3.05) is 40.4 Å². The second-order valence-corrected chi connectivity index (χ2v) is 7.22. The number of carbonyl (C=O) groups is 1. The summed E-state index contributed by atoms with van der Waals surface area (Å²) in [5, 5.41) is 0. The lowest BCUT2D eigenvalue weighted by Gasteiger charge is -2.42. The Kier molecular flexibility index (Phi) is 6.48. The predicted octanol–water partition coefficient (Wildman–Crippen LogP) is 2.05. The van der Waals surface area contributed by atoms with Crippen LogP contribution in [0.2, 0.25) is 0 Å². The second-order valence-electron chi connectivity index (χ2n) is 7.22. The minimum Gasteiger partial charge on any atom is -0.369 e. The van der Waals surface area contributed by atoms with E-state index in [1.54, 1.807) is 20.2 Å². The molecule has 0 spiro atoms. The molecular weight excluding hydrogens is 330 g/mol. The number of nitrogens with zero attached hydrogens (tertiary/aromatic N) is 2. The third-order valence-electron chi connectivity index (χ3n) is 3.97. The van der Waals surface area contributed by atoms with Gasteiger partial charge in [-0.1, -0.05) is 6.07 Å². The summed E-state index contributed by atoms with van der Waals surface area (Å²) >= 11 is 0. The highest BCUT2D eigenvalue weighted by molar-refractivity contribution is 5.76. The molecule has 1 heterocycles. The summed E-state index contributed by atoms with van der Waals surface area (Å²) < 4.78 is 37.9. The summed E-state index contributed by atoms with van der Waals surface area (Å²) in [6.45, 7) is 6.02. The summed E-state index contributed by atoms with van der Waals surface area (Å²) in [5.41, 5.74) is 0.315. The Bertz CT molecular complexity index is 608. The molecule has 0 bridgehead atoms. The van der Waals surface area contributed by atoms with Crippen molar-refractivity contribution in [3.8, 4) is 0 Å². The van der Waals surface area contributed by atoms with Crippen LogP contribution < -0.4 is 0 Å². The molecule has 7 heteroatoms. The van der Waals surface area contributed by atoms with Gasteiger partial charge in [0.1, 0.15) is 6.61 Å². The van der Waals surface area contributed by atoms with E-state index in [0.717, 1.165) is 6.07 Å². The standard InChI is InChI=1S/C18H26F2N2O3/c1-18(2)12-22(8-13-5-6-15(19)16(20)7-13)9-14(25-18)10-24-11-17(23)21(3)4/h5-7,14H,8-12H2,1-4H3/t14-/m0/s1. The van der Waals surface area contributed by atoms with E-state index in [4.69, 9.17) is 9.47 Å². The van der Waals surface area contributed by atoms with Crippen LogP contribution in [0, 0.1) is 11.6 Å². The maximum Gasteiger partial charge on any atom is 0.248 e. The third kappa shape index (κ3) is 6.02. The Morgan fingerprint density at radius 3 is 2.72 bits per heavy atom. The average molecular weight is 356 g/mol. The Labute approximate surface area is 147 Å². The van der Waals surface area contributed by atoms with Crippen LogP contribution in [0.5, 0.6) is 0 Å². The SMILES string of the molecule is CN(C)C(=O)COC[C@@H]1CN(Cc2ccc(F)c(F)c2)CC(C)(C)O1. The van der Waals surface area contributed by atoms with E-state index in [1.165, 1.54) is 11.0 Å². The van der Waals surface area contributed by atoms with Crippen molar-refractivity contribution in [2.45, 2.75) is 32.1 Å². The smallest absolute Gasteiger partial charge is 0.248 e. The van der Waals surface area contributed by atoms with E-state index in [-0.39, 0.29) is 18.6 Å². The topological polar surface area (TPSA) is 42.0 Å². The minimum atomic E-state index is -0.845. The van der Waals surface area contributed by atoms with E-state index in [1.807, 2.05) is 13.8 Å². The van der Waals surface area contributed by atoms with Crippen molar-refractivity contribution < 1.29 is 23.0 Å². The van der Waals surface area contributed by atoms with Gasteiger partial charge in [0.25, 0.3) is 0 Å². The molecule has 140 valence electrons. The molecule has 0 radical (unpaired) electrons. The predicted molar refractivity (Wildman–Crippen MR) is 90.1 cm³/mol. The summed E-state index contributed by atoms with van der Waals surface area (Å²) in [7, 11) is 3.35. The first kappa shape index (κ1) is 19.8. The Morgan fingerprint density at radius 1 is 1.36 bits per heavy atom. The summed E-state index contributed by atoms with van der Waals surface area (Å²) in [6.07, 6.45) is -0.191. The number of ether oxygens (including phenoxy) is 2. The number of hydrogen-bond donors (Lipinski definition) is 0. The summed E-state index contributed by atoms with van der Waals surface area (Å²) in [6, 6.07) is 3.95. The van der Waals surface area contributed by atoms with Gasteiger partial charge < -0.3 is 14.4 Å². The molecule has 25 heavy (non-hydrogen) atoms. The molecule has 0 N–H and O–H groups in total. The number of amides is 1. The molecular formula is C18H26F2N2O3. The van der Waals surface area contributed by atoms with Crippen LogP contribution in [-0.4, -0.2) is 67.8 Å². The molecule has 0 aliphatic carbocycles. The number of halogens is 2. The molecule has 1 atom stereocenters. The second kappa shape index (κ2) is 8.21. The number of likely N-dealkylation sites (N-methyl/N-ethyl adjacent to an activating group) is 1. The van der Waals surface area contributed by atoms with Gasteiger partial charge in [0.15, 0.2) is 11.6 Å². The van der Waals surface area contributed by atoms with Crippen LogP contribution in [0.4, 0.5) is 8.78 Å². The Balaban J connectivity index is 1.93. The van der Waals surface area contributed by atoms with Crippen LogP contribution in [0.3, 0.4) is 0 Å². The Hall–Kier alpha value is -1.57. The van der Waals surface area contributed by atoms with E-state index in [9.17, 15) is 13.6 Å². The molecule has 1 aliphatic rings. The van der Waals surface area contributed by atoms with E-state index in [0.29, 0.717) is 31.8 Å². The highest BCUT2D eigenvalue weighted by atomic mass is 19.2. The van der Waals surface area contributed by atoms with Gasteiger partial charge in [0.05, 0.1) is 18.3 Å². The van der Waals surface area contributed by atoms with Gasteiger partial charge in [0, 0.05) is 33.7 Å². The monoisotopic (exact) mass is 356 g/mol. The van der Waals surface area contributed by atoms with Crippen LogP contribution in [0.25, 0.3) is 0 Å². The van der Waals surface area contributed by atoms with Crippen molar-refractivity contribution in [1.29, 1.82) is 0 Å². The number of carbonyl (C=O) groups excluding carboxylic acids is 1. The van der Waals surface area contributed by atoms with Crippen molar-refractivity contribution in [2.24, 2.45) is 0 Å². The van der Waals surface area contributed by atoms with Gasteiger partial charge in [-0.25, -0.2) is 8.78 Å². The van der Waals surface area contributed by atoms with Crippen LogP contribution in [0.1, 0.15) is 19.4 Å². The summed E-state index contributed by atoms with van der Waals surface area (Å²) in [5.74, 6) is -1.79. The largest absolute Gasteiger partial charge is 0.369 e. The fourth-order valence-corrected chi connectivity index (χ4v) is 2.93. The highest BCUT2D eigenvalue weighted by Crippen LogP contribution is 2.23. The molecule has 1 aliphatic heterocycles. The molecule has 2 rings (SSSR count). The third-order valence-corrected chi connectivity index (χ3v) is 3.97. The van der Waals surface area contributed by atoms with E-state index < -0.39 is 17.2 Å². The molecule has 5 nitrogen and oxygen atoms in total. The molecule has 0 aromatic heterocycles. The quantitative estimate of drug-likeness (QED) is 0.782.